The molecule has 1 aromatic carbocycles. The summed E-state index contributed by atoms with van der Waals surface area (Å²) in [6, 6.07) is 6.85. The van der Waals surface area contributed by atoms with Crippen LogP contribution in [0, 0.1) is 11.2 Å². The van der Waals surface area contributed by atoms with Crippen LogP contribution in [0.3, 0.4) is 0 Å². The average Bonchev–Trinajstić information content (AvgIpc) is 2.38. The van der Waals surface area contributed by atoms with E-state index < -0.39 is 0 Å². The Labute approximate surface area is 122 Å². The molecule has 114 valence electrons. The fourth-order valence-corrected chi connectivity index (χ4v) is 1.91. The highest BCUT2D eigenvalue weighted by Crippen LogP contribution is 2.20. The van der Waals surface area contributed by atoms with E-state index in [9.17, 15) is 4.39 Å². The molecule has 0 heterocycles. The highest BCUT2D eigenvalue weighted by molar-refractivity contribution is 5.21. The molecular weight excluding hydrogens is 253 g/mol. The summed E-state index contributed by atoms with van der Waals surface area (Å²) in [5, 5.41) is 3.36. The number of rotatable bonds is 8. The first kappa shape index (κ1) is 17.1. The Morgan fingerprint density at radius 3 is 2.55 bits per heavy atom. The van der Waals surface area contributed by atoms with E-state index in [1.807, 2.05) is 12.1 Å². The zero-order valence-electron chi connectivity index (χ0n) is 13.2. The van der Waals surface area contributed by atoms with Gasteiger partial charge in [-0.05, 0) is 30.9 Å². The molecule has 0 saturated heterocycles. The van der Waals surface area contributed by atoms with E-state index in [1.165, 1.54) is 6.07 Å². The lowest BCUT2D eigenvalue weighted by Crippen LogP contribution is -2.27. The van der Waals surface area contributed by atoms with Crippen molar-refractivity contribution in [1.82, 2.24) is 5.32 Å². The van der Waals surface area contributed by atoms with E-state index in [0.717, 1.165) is 19.4 Å². The van der Waals surface area contributed by atoms with Gasteiger partial charge in [0, 0.05) is 12.2 Å². The molecule has 1 unspecified atom stereocenters. The minimum atomic E-state index is -0.166. The van der Waals surface area contributed by atoms with Crippen LogP contribution in [0.1, 0.15) is 52.1 Å². The largest absolute Gasteiger partial charge is 0.379 e. The predicted molar refractivity (Wildman–Crippen MR) is 82.3 cm³/mol. The van der Waals surface area contributed by atoms with Gasteiger partial charge >= 0.3 is 0 Å². The Hall–Kier alpha value is -0.930. The molecule has 20 heavy (non-hydrogen) atoms. The van der Waals surface area contributed by atoms with Crippen LogP contribution in [-0.2, 0) is 4.74 Å². The quantitative estimate of drug-likeness (QED) is 0.717. The van der Waals surface area contributed by atoms with Crippen molar-refractivity contribution in [3.05, 3.63) is 35.6 Å². The summed E-state index contributed by atoms with van der Waals surface area (Å²) in [6.07, 6.45) is 2.03. The van der Waals surface area contributed by atoms with Gasteiger partial charge in [0.1, 0.15) is 5.82 Å². The topological polar surface area (TPSA) is 21.3 Å². The fraction of sp³-hybridized carbons (Fsp3) is 0.647. The predicted octanol–water partition coefficient (Wildman–Crippen LogP) is 4.32. The van der Waals surface area contributed by atoms with Crippen LogP contribution in [0.5, 0.6) is 0 Å². The molecule has 0 bridgehead atoms. The molecule has 1 rings (SSSR count). The number of nitrogens with one attached hydrogen (secondary N) is 1. The van der Waals surface area contributed by atoms with Crippen molar-refractivity contribution in [3.8, 4) is 0 Å². The van der Waals surface area contributed by atoms with Crippen molar-refractivity contribution in [3.63, 3.8) is 0 Å². The fourth-order valence-electron chi connectivity index (χ4n) is 1.91. The summed E-state index contributed by atoms with van der Waals surface area (Å²) in [5.41, 5.74) is 0.960. The molecule has 0 fully saturated rings. The molecule has 0 amide bonds. The smallest absolute Gasteiger partial charge is 0.128 e. The zero-order valence-corrected chi connectivity index (χ0v) is 13.2. The van der Waals surface area contributed by atoms with Crippen LogP contribution in [0.25, 0.3) is 0 Å². The summed E-state index contributed by atoms with van der Waals surface area (Å²) in [7, 11) is 0. The van der Waals surface area contributed by atoms with Crippen molar-refractivity contribution < 1.29 is 9.13 Å². The highest BCUT2D eigenvalue weighted by Gasteiger charge is 2.16. The van der Waals surface area contributed by atoms with E-state index in [4.69, 9.17) is 4.74 Å². The Balaban J connectivity index is 2.55. The lowest BCUT2D eigenvalue weighted by atomic mass is 9.93. The molecule has 0 spiro atoms. The second-order valence-electron chi connectivity index (χ2n) is 6.41. The molecule has 1 atom stereocenters. The lowest BCUT2D eigenvalue weighted by molar-refractivity contribution is 0.0889. The molecular formula is C17H28FNO. The number of hydrogen-bond acceptors (Lipinski definition) is 2. The first-order valence-electron chi connectivity index (χ1n) is 7.49. The van der Waals surface area contributed by atoms with Gasteiger partial charge in [0.25, 0.3) is 0 Å². The van der Waals surface area contributed by atoms with E-state index in [0.29, 0.717) is 18.8 Å². The number of halogens is 1. The Kier molecular flexibility index (Phi) is 7.17. The molecule has 2 nitrogen and oxygen atoms in total. The van der Waals surface area contributed by atoms with Gasteiger partial charge in [0.15, 0.2) is 0 Å². The first-order chi connectivity index (χ1) is 9.44. The lowest BCUT2D eigenvalue weighted by Gasteiger charge is -2.22. The van der Waals surface area contributed by atoms with Crippen molar-refractivity contribution >= 4 is 0 Å². The Bertz CT molecular complexity index is 387. The molecule has 0 saturated carbocycles. The molecule has 1 aromatic rings. The summed E-state index contributed by atoms with van der Waals surface area (Å²) >= 11 is 0. The summed E-state index contributed by atoms with van der Waals surface area (Å²) in [6.45, 7) is 10.8. The van der Waals surface area contributed by atoms with E-state index in [2.05, 4.69) is 33.0 Å². The number of hydrogen-bond donors (Lipinski definition) is 1. The van der Waals surface area contributed by atoms with E-state index >= 15 is 0 Å². The van der Waals surface area contributed by atoms with Crippen LogP contribution in [0.4, 0.5) is 4.39 Å². The third-order valence-corrected chi connectivity index (χ3v) is 3.20. The minimum absolute atomic E-state index is 0.0730. The van der Waals surface area contributed by atoms with Crippen LogP contribution >= 0.6 is 0 Å². The molecule has 3 heteroatoms. The average molecular weight is 281 g/mol. The standard InChI is InChI=1S/C17H28FNO/c1-5-11-19-16(13-20-12-10-17(2,3)4)14-8-6-7-9-15(14)18/h6-9,16,19H,5,10-13H2,1-4H3. The molecule has 0 aliphatic rings. The van der Waals surface area contributed by atoms with Gasteiger partial charge in [0.2, 0.25) is 0 Å². The van der Waals surface area contributed by atoms with Gasteiger partial charge in [0.05, 0.1) is 12.6 Å². The van der Waals surface area contributed by atoms with Crippen LogP contribution in [0.15, 0.2) is 24.3 Å². The summed E-state index contributed by atoms with van der Waals surface area (Å²) < 4.78 is 19.6. The molecule has 1 N–H and O–H groups in total. The monoisotopic (exact) mass is 281 g/mol. The molecule has 0 radical (unpaired) electrons. The Morgan fingerprint density at radius 1 is 1.25 bits per heavy atom. The van der Waals surface area contributed by atoms with Gasteiger partial charge in [-0.25, -0.2) is 4.39 Å². The SMILES string of the molecule is CCCNC(COCCC(C)(C)C)c1ccccc1F. The van der Waals surface area contributed by atoms with Crippen LogP contribution in [-0.4, -0.2) is 19.8 Å². The zero-order chi connectivity index (χ0) is 15.0. The van der Waals surface area contributed by atoms with E-state index in [1.54, 1.807) is 6.07 Å². The van der Waals surface area contributed by atoms with Crippen molar-refractivity contribution in [1.29, 1.82) is 0 Å². The minimum Gasteiger partial charge on any atom is -0.379 e. The maximum Gasteiger partial charge on any atom is 0.128 e. The van der Waals surface area contributed by atoms with Crippen molar-refractivity contribution in [2.75, 3.05) is 19.8 Å². The number of benzene rings is 1. The molecule has 0 aromatic heterocycles. The molecule has 0 aliphatic carbocycles. The van der Waals surface area contributed by atoms with Crippen LogP contribution in [0.2, 0.25) is 0 Å². The molecule has 0 aliphatic heterocycles. The van der Waals surface area contributed by atoms with Crippen molar-refractivity contribution in [2.24, 2.45) is 5.41 Å². The van der Waals surface area contributed by atoms with Gasteiger partial charge in [-0.3, -0.25) is 0 Å². The third kappa shape index (κ3) is 6.49. The normalized spacial score (nSPS) is 13.4. The highest BCUT2D eigenvalue weighted by atomic mass is 19.1. The third-order valence-electron chi connectivity index (χ3n) is 3.20. The van der Waals surface area contributed by atoms with Gasteiger partial charge in [-0.1, -0.05) is 45.9 Å². The second-order valence-corrected chi connectivity index (χ2v) is 6.41. The Morgan fingerprint density at radius 2 is 1.95 bits per heavy atom. The van der Waals surface area contributed by atoms with Gasteiger partial charge in [-0.2, -0.15) is 0 Å². The second kappa shape index (κ2) is 8.38. The van der Waals surface area contributed by atoms with E-state index in [-0.39, 0.29) is 17.3 Å². The van der Waals surface area contributed by atoms with Crippen LogP contribution < -0.4 is 5.32 Å². The maximum absolute atomic E-state index is 13.9. The number of ether oxygens (including phenoxy) is 1. The van der Waals surface area contributed by atoms with Gasteiger partial charge < -0.3 is 10.1 Å². The maximum atomic E-state index is 13.9. The van der Waals surface area contributed by atoms with Gasteiger partial charge in [-0.15, -0.1) is 0 Å². The summed E-state index contributed by atoms with van der Waals surface area (Å²) in [4.78, 5) is 0. The first-order valence-corrected chi connectivity index (χ1v) is 7.49. The van der Waals surface area contributed by atoms with Crippen molar-refractivity contribution in [2.45, 2.75) is 46.6 Å². The summed E-state index contributed by atoms with van der Waals surface area (Å²) in [5.74, 6) is -0.166.